The number of Topliss-reactive ketones (excluding diaryl/α,β-unsaturated/α-hetero) is 1. The average molecular weight is 202 g/mol. The molecule has 1 rings (SSSR count). The van der Waals surface area contributed by atoms with Crippen molar-refractivity contribution in [3.8, 4) is 0 Å². The van der Waals surface area contributed by atoms with Crippen molar-refractivity contribution in [1.29, 1.82) is 0 Å². The molecular formula is C10H16ClNO. The molecule has 0 amide bonds. The molecule has 0 aromatic rings. The lowest BCUT2D eigenvalue weighted by Gasteiger charge is -2.29. The van der Waals surface area contributed by atoms with E-state index in [4.69, 9.17) is 11.6 Å². The number of carbonyl (C=O) groups excluding carboxylic acids is 1. The molecule has 1 aliphatic carbocycles. The van der Waals surface area contributed by atoms with Crippen molar-refractivity contribution >= 4 is 17.4 Å². The fourth-order valence-electron chi connectivity index (χ4n) is 1.72. The third-order valence-electron chi connectivity index (χ3n) is 2.62. The summed E-state index contributed by atoms with van der Waals surface area (Å²) in [7, 11) is 2.08. The van der Waals surface area contributed by atoms with Gasteiger partial charge in [-0.05, 0) is 19.9 Å². The van der Waals surface area contributed by atoms with E-state index in [1.54, 1.807) is 5.54 Å². The standard InChI is InChI=1S/C10H16ClNO/c1-12(8-2-7-11)9-3-5-10(13)6-4-9/h2,7,9H,3-6,8H2,1H3/b7-2+. The minimum absolute atomic E-state index is 0.414. The van der Waals surface area contributed by atoms with E-state index in [1.165, 1.54) is 0 Å². The van der Waals surface area contributed by atoms with Crippen LogP contribution in [0.1, 0.15) is 25.7 Å². The van der Waals surface area contributed by atoms with Gasteiger partial charge < -0.3 is 0 Å². The molecule has 0 aliphatic heterocycles. The molecule has 0 unspecified atom stereocenters. The van der Waals surface area contributed by atoms with Crippen LogP contribution in [0.25, 0.3) is 0 Å². The fraction of sp³-hybridized carbons (Fsp3) is 0.700. The molecule has 0 atom stereocenters. The number of nitrogens with zero attached hydrogens (tertiary/aromatic N) is 1. The largest absolute Gasteiger partial charge is 0.300 e. The Kier molecular flexibility index (Phi) is 4.46. The molecule has 0 heterocycles. The smallest absolute Gasteiger partial charge is 0.133 e. The van der Waals surface area contributed by atoms with Crippen LogP contribution in [-0.2, 0) is 4.79 Å². The molecule has 13 heavy (non-hydrogen) atoms. The fourth-order valence-corrected chi connectivity index (χ4v) is 1.80. The monoisotopic (exact) mass is 201 g/mol. The van der Waals surface area contributed by atoms with Crippen molar-refractivity contribution in [3.05, 3.63) is 11.6 Å². The number of rotatable bonds is 3. The van der Waals surface area contributed by atoms with Gasteiger partial charge in [0.2, 0.25) is 0 Å². The molecule has 0 aromatic carbocycles. The van der Waals surface area contributed by atoms with Gasteiger partial charge in [-0.1, -0.05) is 17.7 Å². The van der Waals surface area contributed by atoms with E-state index in [9.17, 15) is 4.79 Å². The second-order valence-electron chi connectivity index (χ2n) is 3.57. The van der Waals surface area contributed by atoms with Gasteiger partial charge in [-0.3, -0.25) is 9.69 Å². The maximum Gasteiger partial charge on any atom is 0.133 e. The first-order valence-corrected chi connectivity index (χ1v) is 5.15. The second-order valence-corrected chi connectivity index (χ2v) is 3.82. The van der Waals surface area contributed by atoms with Crippen LogP contribution < -0.4 is 0 Å². The normalized spacial score (nSPS) is 20.4. The van der Waals surface area contributed by atoms with Gasteiger partial charge in [-0.25, -0.2) is 0 Å². The Hall–Kier alpha value is -0.340. The molecule has 0 radical (unpaired) electrons. The molecular weight excluding hydrogens is 186 g/mol. The minimum atomic E-state index is 0.414. The first kappa shape index (κ1) is 10.7. The van der Waals surface area contributed by atoms with Gasteiger partial charge in [-0.2, -0.15) is 0 Å². The van der Waals surface area contributed by atoms with Crippen LogP contribution in [-0.4, -0.2) is 30.3 Å². The summed E-state index contributed by atoms with van der Waals surface area (Å²) >= 11 is 5.45. The van der Waals surface area contributed by atoms with Crippen LogP contribution in [0.4, 0.5) is 0 Å². The Balaban J connectivity index is 2.30. The lowest BCUT2D eigenvalue weighted by molar-refractivity contribution is -0.121. The van der Waals surface area contributed by atoms with Crippen molar-refractivity contribution in [1.82, 2.24) is 4.90 Å². The summed E-state index contributed by atoms with van der Waals surface area (Å²) in [6.07, 6.45) is 5.44. The summed E-state index contributed by atoms with van der Waals surface area (Å²) in [4.78, 5) is 13.2. The summed E-state index contributed by atoms with van der Waals surface area (Å²) in [5.74, 6) is 0.414. The number of halogens is 1. The minimum Gasteiger partial charge on any atom is -0.300 e. The van der Waals surface area contributed by atoms with E-state index in [0.29, 0.717) is 11.8 Å². The number of ketones is 1. The van der Waals surface area contributed by atoms with Gasteiger partial charge in [0, 0.05) is 31.0 Å². The van der Waals surface area contributed by atoms with Crippen LogP contribution in [0.3, 0.4) is 0 Å². The zero-order chi connectivity index (χ0) is 9.68. The average Bonchev–Trinajstić information content (AvgIpc) is 2.15. The SMILES string of the molecule is CN(C/C=C/Cl)C1CCC(=O)CC1. The molecule has 1 saturated carbocycles. The number of hydrogen-bond donors (Lipinski definition) is 0. The van der Waals surface area contributed by atoms with Gasteiger partial charge in [0.05, 0.1) is 0 Å². The highest BCUT2D eigenvalue weighted by Crippen LogP contribution is 2.19. The molecule has 0 saturated heterocycles. The Morgan fingerprint density at radius 1 is 1.54 bits per heavy atom. The molecule has 1 aliphatic rings. The van der Waals surface area contributed by atoms with E-state index >= 15 is 0 Å². The van der Waals surface area contributed by atoms with E-state index in [0.717, 1.165) is 32.2 Å². The molecule has 74 valence electrons. The van der Waals surface area contributed by atoms with Crippen molar-refractivity contribution in [3.63, 3.8) is 0 Å². The van der Waals surface area contributed by atoms with Crippen LogP contribution >= 0.6 is 11.6 Å². The van der Waals surface area contributed by atoms with Crippen molar-refractivity contribution < 1.29 is 4.79 Å². The molecule has 3 heteroatoms. The predicted octanol–water partition coefficient (Wildman–Crippen LogP) is 2.18. The molecule has 0 N–H and O–H groups in total. The third kappa shape index (κ3) is 3.49. The highest BCUT2D eigenvalue weighted by molar-refractivity contribution is 6.25. The highest BCUT2D eigenvalue weighted by atomic mass is 35.5. The van der Waals surface area contributed by atoms with Gasteiger partial charge in [-0.15, -0.1) is 0 Å². The lowest BCUT2D eigenvalue weighted by Crippen LogP contribution is -2.35. The topological polar surface area (TPSA) is 20.3 Å². The maximum atomic E-state index is 11.0. The number of hydrogen-bond acceptors (Lipinski definition) is 2. The van der Waals surface area contributed by atoms with Gasteiger partial charge in [0.25, 0.3) is 0 Å². The van der Waals surface area contributed by atoms with Crippen molar-refractivity contribution in [2.45, 2.75) is 31.7 Å². The van der Waals surface area contributed by atoms with Crippen molar-refractivity contribution in [2.75, 3.05) is 13.6 Å². The summed E-state index contributed by atoms with van der Waals surface area (Å²) < 4.78 is 0. The lowest BCUT2D eigenvalue weighted by atomic mass is 9.93. The molecule has 1 fully saturated rings. The number of likely N-dealkylation sites (N-methyl/N-ethyl adjacent to an activating group) is 1. The van der Waals surface area contributed by atoms with Crippen LogP contribution in [0, 0.1) is 0 Å². The van der Waals surface area contributed by atoms with Crippen LogP contribution in [0.2, 0.25) is 0 Å². The first-order chi connectivity index (χ1) is 6.24. The zero-order valence-corrected chi connectivity index (χ0v) is 8.76. The Morgan fingerprint density at radius 3 is 2.69 bits per heavy atom. The van der Waals surface area contributed by atoms with Crippen LogP contribution in [0.5, 0.6) is 0 Å². The van der Waals surface area contributed by atoms with E-state index < -0.39 is 0 Å². The predicted molar refractivity (Wildman–Crippen MR) is 54.9 cm³/mol. The summed E-state index contributed by atoms with van der Waals surface area (Å²) in [6, 6.07) is 0.561. The Bertz CT molecular complexity index is 193. The van der Waals surface area contributed by atoms with E-state index in [-0.39, 0.29) is 0 Å². The van der Waals surface area contributed by atoms with E-state index in [2.05, 4.69) is 11.9 Å². The molecule has 2 nitrogen and oxygen atoms in total. The molecule has 0 aromatic heterocycles. The van der Waals surface area contributed by atoms with Gasteiger partial charge in [0.15, 0.2) is 0 Å². The van der Waals surface area contributed by atoms with E-state index in [1.807, 2.05) is 6.08 Å². The summed E-state index contributed by atoms with van der Waals surface area (Å²) in [5, 5.41) is 0. The molecule has 0 spiro atoms. The third-order valence-corrected chi connectivity index (χ3v) is 2.80. The highest BCUT2D eigenvalue weighted by Gasteiger charge is 2.20. The zero-order valence-electron chi connectivity index (χ0n) is 8.00. The first-order valence-electron chi connectivity index (χ1n) is 4.71. The second kappa shape index (κ2) is 5.40. The molecule has 0 bridgehead atoms. The Morgan fingerprint density at radius 2 is 2.15 bits per heavy atom. The summed E-state index contributed by atoms with van der Waals surface area (Å²) in [6.45, 7) is 0.877. The van der Waals surface area contributed by atoms with Gasteiger partial charge >= 0.3 is 0 Å². The quantitative estimate of drug-likeness (QED) is 0.698. The Labute approximate surface area is 84.6 Å². The maximum absolute atomic E-state index is 11.0. The van der Waals surface area contributed by atoms with Crippen LogP contribution in [0.15, 0.2) is 11.6 Å². The van der Waals surface area contributed by atoms with Gasteiger partial charge in [0.1, 0.15) is 5.78 Å². The number of carbonyl (C=O) groups is 1. The summed E-state index contributed by atoms with van der Waals surface area (Å²) in [5.41, 5.74) is 1.55. The van der Waals surface area contributed by atoms with Crippen molar-refractivity contribution in [2.24, 2.45) is 0 Å².